The Bertz CT molecular complexity index is 1080. The number of hydrogen-bond acceptors (Lipinski definition) is 5. The van der Waals surface area contributed by atoms with E-state index in [1.54, 1.807) is 17.1 Å². The van der Waals surface area contributed by atoms with Gasteiger partial charge >= 0.3 is 5.97 Å². The fraction of sp³-hybridized carbons (Fsp3) is 0.367. The Balaban J connectivity index is 1.66. The molecule has 0 spiro atoms. The number of aliphatic hydroxyl groups is 1. The molecule has 7 heteroatoms. The van der Waals surface area contributed by atoms with Crippen LogP contribution in [0.25, 0.3) is 0 Å². The van der Waals surface area contributed by atoms with Gasteiger partial charge in [-0.15, -0.1) is 13.2 Å². The summed E-state index contributed by atoms with van der Waals surface area (Å²) in [5.74, 6) is -1.50. The number of rotatable bonds is 13. The minimum atomic E-state index is -0.653. The van der Waals surface area contributed by atoms with Gasteiger partial charge in [0.05, 0.1) is 25.1 Å². The molecule has 0 aliphatic carbocycles. The third-order valence-corrected chi connectivity index (χ3v) is 6.59. The number of allylic oxidation sites excluding steroid dienone is 2. The van der Waals surface area contributed by atoms with Crippen LogP contribution in [0.15, 0.2) is 79.9 Å². The molecule has 7 nitrogen and oxygen atoms in total. The summed E-state index contributed by atoms with van der Waals surface area (Å²) in [6.45, 7) is 7.72. The number of hydrogen-bond donors (Lipinski definition) is 2. The maximum absolute atomic E-state index is 13.3. The first kappa shape index (κ1) is 27.9. The van der Waals surface area contributed by atoms with E-state index in [9.17, 15) is 19.5 Å². The molecule has 0 bridgehead atoms. The fourth-order valence-corrected chi connectivity index (χ4v) is 4.53. The molecule has 196 valence electrons. The van der Waals surface area contributed by atoms with Crippen LogP contribution in [-0.4, -0.2) is 47.0 Å². The highest BCUT2D eigenvalue weighted by Crippen LogP contribution is 2.25. The van der Waals surface area contributed by atoms with Gasteiger partial charge in [0.25, 0.3) is 0 Å². The second kappa shape index (κ2) is 14.1. The summed E-state index contributed by atoms with van der Waals surface area (Å²) in [7, 11) is 0. The second-order valence-electron chi connectivity index (χ2n) is 9.22. The molecule has 2 aromatic carbocycles. The molecule has 2 amide bonds. The van der Waals surface area contributed by atoms with Crippen LogP contribution in [-0.2, 0) is 32.1 Å². The molecular weight excluding hydrogens is 468 g/mol. The van der Waals surface area contributed by atoms with E-state index in [0.29, 0.717) is 25.8 Å². The van der Waals surface area contributed by atoms with E-state index >= 15 is 0 Å². The molecule has 1 aliphatic rings. The summed E-state index contributed by atoms with van der Waals surface area (Å²) in [5.41, 5.74) is 2.94. The molecule has 3 rings (SSSR count). The smallest absolute Gasteiger partial charge is 0.306 e. The largest absolute Gasteiger partial charge is 0.456 e. The summed E-state index contributed by atoms with van der Waals surface area (Å²) in [5, 5.41) is 12.8. The van der Waals surface area contributed by atoms with Crippen LogP contribution in [0.1, 0.15) is 48.5 Å². The first-order valence-corrected chi connectivity index (χ1v) is 12.7. The molecule has 0 saturated heterocycles. The van der Waals surface area contributed by atoms with Crippen molar-refractivity contribution in [2.24, 2.45) is 5.92 Å². The SMILES string of the molecule is C=CCCC(=O)OC(CNC(=O)C(CC=C)CC(=O)N1Cc2ccccc2CC1CO)c1ccccc1. The Hall–Kier alpha value is -3.71. The normalized spacial score (nSPS) is 16.1. The highest BCUT2D eigenvalue weighted by atomic mass is 16.5. The predicted octanol–water partition coefficient (Wildman–Crippen LogP) is 3.88. The molecule has 2 aromatic rings. The van der Waals surface area contributed by atoms with Gasteiger partial charge in [-0.2, -0.15) is 0 Å². The van der Waals surface area contributed by atoms with Crippen LogP contribution in [0, 0.1) is 5.92 Å². The maximum Gasteiger partial charge on any atom is 0.306 e. The molecule has 37 heavy (non-hydrogen) atoms. The number of nitrogens with one attached hydrogen (secondary N) is 1. The molecule has 0 saturated carbocycles. The molecule has 0 radical (unpaired) electrons. The number of amides is 2. The lowest BCUT2D eigenvalue weighted by molar-refractivity contribution is -0.150. The van der Waals surface area contributed by atoms with E-state index in [1.165, 1.54) is 0 Å². The highest BCUT2D eigenvalue weighted by Gasteiger charge is 2.32. The Morgan fingerprint density at radius 2 is 1.76 bits per heavy atom. The van der Waals surface area contributed by atoms with Crippen molar-refractivity contribution in [1.29, 1.82) is 0 Å². The molecule has 0 fully saturated rings. The molecule has 3 unspecified atom stereocenters. The number of benzene rings is 2. The summed E-state index contributed by atoms with van der Waals surface area (Å²) >= 11 is 0. The lowest BCUT2D eigenvalue weighted by Gasteiger charge is -2.36. The van der Waals surface area contributed by atoms with Gasteiger partial charge in [-0.1, -0.05) is 66.7 Å². The standard InChI is InChI=1S/C30H36N2O5/c1-3-5-16-29(35)37-27(22-12-7-6-8-13-22)19-31-30(36)24(11-4-2)18-28(34)32-20-25-15-10-9-14-23(25)17-26(32)21-33/h3-4,6-10,12-15,24,26-27,33H,1-2,5,11,16-21H2,(H,31,36). The lowest BCUT2D eigenvalue weighted by atomic mass is 9.92. The van der Waals surface area contributed by atoms with Gasteiger partial charge in [0.2, 0.25) is 11.8 Å². The van der Waals surface area contributed by atoms with Crippen molar-refractivity contribution in [2.45, 2.75) is 50.8 Å². The van der Waals surface area contributed by atoms with Crippen LogP contribution in [0.5, 0.6) is 0 Å². The van der Waals surface area contributed by atoms with E-state index in [4.69, 9.17) is 4.74 Å². The molecule has 1 heterocycles. The molecule has 1 aliphatic heterocycles. The number of carbonyl (C=O) groups is 3. The Morgan fingerprint density at radius 3 is 2.43 bits per heavy atom. The zero-order chi connectivity index (χ0) is 26.6. The summed E-state index contributed by atoms with van der Waals surface area (Å²) < 4.78 is 5.64. The van der Waals surface area contributed by atoms with Crippen LogP contribution in [0.2, 0.25) is 0 Å². The number of carbonyl (C=O) groups excluding carboxylic acids is 3. The summed E-state index contributed by atoms with van der Waals surface area (Å²) in [6, 6.07) is 16.8. The predicted molar refractivity (Wildman–Crippen MR) is 142 cm³/mol. The Labute approximate surface area is 218 Å². The fourth-order valence-electron chi connectivity index (χ4n) is 4.53. The number of fused-ring (bicyclic) bond motifs is 1. The van der Waals surface area contributed by atoms with E-state index in [1.807, 2.05) is 54.6 Å². The van der Waals surface area contributed by atoms with Crippen molar-refractivity contribution < 1.29 is 24.2 Å². The topological polar surface area (TPSA) is 95.9 Å². The van der Waals surface area contributed by atoms with Crippen molar-refractivity contribution in [3.05, 3.63) is 96.6 Å². The molecule has 0 aromatic heterocycles. The van der Waals surface area contributed by atoms with E-state index in [0.717, 1.165) is 16.7 Å². The van der Waals surface area contributed by atoms with Crippen molar-refractivity contribution in [1.82, 2.24) is 10.2 Å². The zero-order valence-electron chi connectivity index (χ0n) is 21.2. The quantitative estimate of drug-likeness (QED) is 0.319. The maximum atomic E-state index is 13.3. The van der Waals surface area contributed by atoms with E-state index < -0.39 is 12.0 Å². The number of esters is 1. The van der Waals surface area contributed by atoms with Crippen molar-refractivity contribution in [2.75, 3.05) is 13.2 Å². The third-order valence-electron chi connectivity index (χ3n) is 6.59. The molecular formula is C30H36N2O5. The lowest BCUT2D eigenvalue weighted by Crippen LogP contribution is -2.47. The highest BCUT2D eigenvalue weighted by molar-refractivity contribution is 5.86. The Kier molecular flexibility index (Phi) is 10.6. The van der Waals surface area contributed by atoms with Gasteiger partial charge < -0.3 is 20.1 Å². The van der Waals surface area contributed by atoms with Crippen LogP contribution in [0.4, 0.5) is 0 Å². The van der Waals surface area contributed by atoms with Gasteiger partial charge in [0.1, 0.15) is 6.10 Å². The number of nitrogens with zero attached hydrogens (tertiary/aromatic N) is 1. The van der Waals surface area contributed by atoms with Crippen LogP contribution < -0.4 is 5.32 Å². The van der Waals surface area contributed by atoms with Gasteiger partial charge in [-0.05, 0) is 36.0 Å². The zero-order valence-corrected chi connectivity index (χ0v) is 21.2. The monoisotopic (exact) mass is 504 g/mol. The molecule has 3 atom stereocenters. The second-order valence-corrected chi connectivity index (χ2v) is 9.22. The first-order chi connectivity index (χ1) is 18.0. The average Bonchev–Trinajstić information content (AvgIpc) is 2.93. The number of aliphatic hydroxyl groups excluding tert-OH is 1. The van der Waals surface area contributed by atoms with Crippen molar-refractivity contribution >= 4 is 17.8 Å². The minimum Gasteiger partial charge on any atom is -0.456 e. The third kappa shape index (κ3) is 7.89. The van der Waals surface area contributed by atoms with E-state index in [2.05, 4.69) is 18.5 Å². The summed E-state index contributed by atoms with van der Waals surface area (Å²) in [4.78, 5) is 40.4. The van der Waals surface area contributed by atoms with Gasteiger partial charge in [-0.25, -0.2) is 0 Å². The van der Waals surface area contributed by atoms with Crippen LogP contribution in [0.3, 0.4) is 0 Å². The van der Waals surface area contributed by atoms with Crippen molar-refractivity contribution in [3.8, 4) is 0 Å². The van der Waals surface area contributed by atoms with Gasteiger partial charge in [-0.3, -0.25) is 14.4 Å². The summed E-state index contributed by atoms with van der Waals surface area (Å²) in [6.07, 6.45) is 4.22. The molecule has 2 N–H and O–H groups in total. The first-order valence-electron chi connectivity index (χ1n) is 12.7. The number of ether oxygens (including phenoxy) is 1. The van der Waals surface area contributed by atoms with E-state index in [-0.39, 0.29) is 49.8 Å². The van der Waals surface area contributed by atoms with Crippen LogP contribution >= 0.6 is 0 Å². The van der Waals surface area contributed by atoms with Gasteiger partial charge in [0, 0.05) is 19.4 Å². The average molecular weight is 505 g/mol. The minimum absolute atomic E-state index is 0.00829. The Morgan fingerprint density at radius 1 is 1.05 bits per heavy atom. The van der Waals surface area contributed by atoms with Gasteiger partial charge in [0.15, 0.2) is 0 Å². The van der Waals surface area contributed by atoms with Crippen molar-refractivity contribution in [3.63, 3.8) is 0 Å².